The molecule has 0 N–H and O–H groups in total. The summed E-state index contributed by atoms with van der Waals surface area (Å²) >= 11 is 0. The maximum atomic E-state index is 4.40. The minimum atomic E-state index is 0.963. The molecule has 0 unspecified atom stereocenters. The molecule has 0 aliphatic heterocycles. The molecule has 110 valence electrons. The summed E-state index contributed by atoms with van der Waals surface area (Å²) in [6.07, 6.45) is 5.67. The average molecular weight is 288 g/mol. The Bertz CT molecular complexity index is 634. The molecule has 0 radical (unpaired) electrons. The van der Waals surface area contributed by atoms with Crippen LogP contribution >= 0.6 is 0 Å². The minimum absolute atomic E-state index is 0.963. The van der Waals surface area contributed by atoms with Crippen molar-refractivity contribution in [3.05, 3.63) is 95.6 Å². The Labute approximate surface area is 131 Å². The second-order valence-electron chi connectivity index (χ2n) is 5.47. The zero-order chi connectivity index (χ0) is 15.0. The highest BCUT2D eigenvalue weighted by Gasteiger charge is 2.01. The fourth-order valence-corrected chi connectivity index (χ4v) is 2.55. The van der Waals surface area contributed by atoms with Crippen LogP contribution in [0.1, 0.15) is 22.5 Å². The molecule has 0 bridgehead atoms. The molecule has 0 aliphatic carbocycles. The summed E-state index contributed by atoms with van der Waals surface area (Å²) < 4.78 is 0. The van der Waals surface area contributed by atoms with E-state index in [4.69, 9.17) is 0 Å². The van der Waals surface area contributed by atoms with Crippen molar-refractivity contribution in [2.75, 3.05) is 0 Å². The van der Waals surface area contributed by atoms with Crippen molar-refractivity contribution < 1.29 is 0 Å². The first-order valence-corrected chi connectivity index (χ1v) is 7.78. The van der Waals surface area contributed by atoms with Crippen LogP contribution in [0.4, 0.5) is 0 Å². The third kappa shape index (κ3) is 4.26. The van der Waals surface area contributed by atoms with Crippen molar-refractivity contribution in [1.82, 2.24) is 9.97 Å². The summed E-state index contributed by atoms with van der Waals surface area (Å²) in [6, 6.07) is 23.2. The molecule has 0 saturated heterocycles. The zero-order valence-electron chi connectivity index (χ0n) is 12.7. The predicted molar refractivity (Wildman–Crippen MR) is 89.7 cm³/mol. The molecular weight excluding hydrogens is 268 g/mol. The van der Waals surface area contributed by atoms with Crippen LogP contribution in [0.15, 0.2) is 73.1 Å². The smallest absolute Gasteiger partial charge is 0.115 e. The van der Waals surface area contributed by atoms with Crippen molar-refractivity contribution in [1.29, 1.82) is 0 Å². The zero-order valence-corrected chi connectivity index (χ0v) is 12.7. The number of rotatable bonds is 6. The van der Waals surface area contributed by atoms with Gasteiger partial charge in [-0.05, 0) is 42.9 Å². The molecular formula is C20H20N2. The fraction of sp³-hybridized carbons (Fsp3) is 0.200. The van der Waals surface area contributed by atoms with E-state index in [2.05, 4.69) is 76.7 Å². The van der Waals surface area contributed by atoms with Gasteiger partial charge in [-0.25, -0.2) is 9.97 Å². The third-order valence-corrected chi connectivity index (χ3v) is 3.81. The van der Waals surface area contributed by atoms with Gasteiger partial charge in [0.05, 0.1) is 0 Å². The lowest BCUT2D eigenvalue weighted by Gasteiger charge is -2.05. The molecule has 2 nitrogen and oxygen atoms in total. The molecule has 0 aliphatic rings. The molecule has 0 spiro atoms. The van der Waals surface area contributed by atoms with Crippen LogP contribution in [0.3, 0.4) is 0 Å². The first-order chi connectivity index (χ1) is 10.9. The molecule has 2 aromatic carbocycles. The van der Waals surface area contributed by atoms with Crippen LogP contribution in [0.5, 0.6) is 0 Å². The maximum Gasteiger partial charge on any atom is 0.115 e. The van der Waals surface area contributed by atoms with Crippen LogP contribution < -0.4 is 0 Å². The van der Waals surface area contributed by atoms with Crippen LogP contribution in [-0.2, 0) is 25.7 Å². The molecule has 0 amide bonds. The van der Waals surface area contributed by atoms with Gasteiger partial charge < -0.3 is 0 Å². The Morgan fingerprint density at radius 3 is 1.45 bits per heavy atom. The second-order valence-corrected chi connectivity index (χ2v) is 5.47. The van der Waals surface area contributed by atoms with E-state index in [0.717, 1.165) is 37.1 Å². The summed E-state index contributed by atoms with van der Waals surface area (Å²) in [4.78, 5) is 8.80. The van der Waals surface area contributed by atoms with Crippen molar-refractivity contribution >= 4 is 0 Å². The first-order valence-electron chi connectivity index (χ1n) is 7.78. The number of aromatic nitrogens is 2. The summed E-state index contributed by atoms with van der Waals surface area (Å²) in [6.45, 7) is 0. The van der Waals surface area contributed by atoms with E-state index in [-0.39, 0.29) is 0 Å². The highest BCUT2D eigenvalue weighted by atomic mass is 14.8. The SMILES string of the molecule is c1ccc(CCc2cc(CCc3ccccc3)ncn2)cc1. The number of hydrogen-bond donors (Lipinski definition) is 0. The van der Waals surface area contributed by atoms with Crippen molar-refractivity contribution in [2.24, 2.45) is 0 Å². The van der Waals surface area contributed by atoms with Gasteiger partial charge >= 0.3 is 0 Å². The highest BCUT2D eigenvalue weighted by Crippen LogP contribution is 2.08. The van der Waals surface area contributed by atoms with Gasteiger partial charge in [-0.2, -0.15) is 0 Å². The summed E-state index contributed by atoms with van der Waals surface area (Å²) in [5, 5.41) is 0. The summed E-state index contributed by atoms with van der Waals surface area (Å²) in [5.41, 5.74) is 4.96. The van der Waals surface area contributed by atoms with Gasteiger partial charge in [-0.3, -0.25) is 0 Å². The van der Waals surface area contributed by atoms with Crippen molar-refractivity contribution in [3.63, 3.8) is 0 Å². The van der Waals surface area contributed by atoms with E-state index >= 15 is 0 Å². The van der Waals surface area contributed by atoms with E-state index in [1.54, 1.807) is 6.33 Å². The number of benzene rings is 2. The number of nitrogens with zero attached hydrogens (tertiary/aromatic N) is 2. The average Bonchev–Trinajstić information content (AvgIpc) is 2.60. The highest BCUT2D eigenvalue weighted by molar-refractivity contribution is 5.19. The molecule has 3 rings (SSSR count). The molecule has 0 fully saturated rings. The predicted octanol–water partition coefficient (Wildman–Crippen LogP) is 4.05. The topological polar surface area (TPSA) is 25.8 Å². The molecule has 2 heteroatoms. The van der Waals surface area contributed by atoms with Gasteiger partial charge in [0.25, 0.3) is 0 Å². The molecule has 22 heavy (non-hydrogen) atoms. The third-order valence-electron chi connectivity index (χ3n) is 3.81. The Hall–Kier alpha value is -2.48. The minimum Gasteiger partial charge on any atom is -0.241 e. The molecule has 1 heterocycles. The quantitative estimate of drug-likeness (QED) is 0.684. The summed E-state index contributed by atoms with van der Waals surface area (Å²) in [5.74, 6) is 0. The normalized spacial score (nSPS) is 10.5. The van der Waals surface area contributed by atoms with E-state index in [1.807, 2.05) is 0 Å². The maximum absolute atomic E-state index is 4.40. The Kier molecular flexibility index (Phi) is 4.93. The van der Waals surface area contributed by atoms with E-state index in [0.29, 0.717) is 0 Å². The molecule has 0 atom stereocenters. The van der Waals surface area contributed by atoms with Crippen molar-refractivity contribution in [2.45, 2.75) is 25.7 Å². The van der Waals surface area contributed by atoms with Gasteiger partial charge in [0.2, 0.25) is 0 Å². The molecule has 0 saturated carbocycles. The fourth-order valence-electron chi connectivity index (χ4n) is 2.55. The van der Waals surface area contributed by atoms with Gasteiger partial charge in [0.15, 0.2) is 0 Å². The van der Waals surface area contributed by atoms with E-state index in [9.17, 15) is 0 Å². The van der Waals surface area contributed by atoms with Crippen LogP contribution in [0.2, 0.25) is 0 Å². The Balaban J connectivity index is 1.58. The Morgan fingerprint density at radius 1 is 0.545 bits per heavy atom. The van der Waals surface area contributed by atoms with Crippen LogP contribution in [0, 0.1) is 0 Å². The first kappa shape index (κ1) is 14.5. The summed E-state index contributed by atoms with van der Waals surface area (Å²) in [7, 11) is 0. The van der Waals surface area contributed by atoms with Gasteiger partial charge in [-0.15, -0.1) is 0 Å². The largest absolute Gasteiger partial charge is 0.241 e. The van der Waals surface area contributed by atoms with E-state index in [1.165, 1.54) is 11.1 Å². The second kappa shape index (κ2) is 7.51. The van der Waals surface area contributed by atoms with E-state index < -0.39 is 0 Å². The molecule has 3 aromatic rings. The lowest BCUT2D eigenvalue weighted by Crippen LogP contribution is -2.00. The lowest BCUT2D eigenvalue weighted by atomic mass is 10.1. The monoisotopic (exact) mass is 288 g/mol. The molecule has 1 aromatic heterocycles. The van der Waals surface area contributed by atoms with Crippen LogP contribution in [0.25, 0.3) is 0 Å². The number of aryl methyl sites for hydroxylation is 4. The number of hydrogen-bond acceptors (Lipinski definition) is 2. The lowest BCUT2D eigenvalue weighted by molar-refractivity contribution is 0.852. The van der Waals surface area contributed by atoms with Crippen molar-refractivity contribution in [3.8, 4) is 0 Å². The standard InChI is InChI=1S/C20H20N2/c1-3-7-17(8-4-1)11-13-19-15-20(22-16-21-19)14-12-18-9-5-2-6-10-18/h1-10,15-16H,11-14H2. The van der Waals surface area contributed by atoms with Crippen LogP contribution in [-0.4, -0.2) is 9.97 Å². The van der Waals surface area contributed by atoms with Gasteiger partial charge in [-0.1, -0.05) is 60.7 Å². The Morgan fingerprint density at radius 2 is 1.00 bits per heavy atom. The van der Waals surface area contributed by atoms with Gasteiger partial charge in [0, 0.05) is 11.4 Å². The van der Waals surface area contributed by atoms with Gasteiger partial charge in [0.1, 0.15) is 6.33 Å².